The van der Waals surface area contributed by atoms with Gasteiger partial charge in [-0.25, -0.2) is 0 Å². The van der Waals surface area contributed by atoms with Gasteiger partial charge < -0.3 is 15.4 Å². The van der Waals surface area contributed by atoms with Crippen molar-refractivity contribution in [2.75, 3.05) is 44.7 Å². The number of amides is 1. The van der Waals surface area contributed by atoms with Crippen LogP contribution in [0.4, 0.5) is 5.69 Å². The van der Waals surface area contributed by atoms with Gasteiger partial charge >= 0.3 is 0 Å². The first-order chi connectivity index (χ1) is 12.2. The number of hydrogen-bond donors (Lipinski definition) is 1. The van der Waals surface area contributed by atoms with Gasteiger partial charge in [0.05, 0.1) is 12.8 Å². The molecule has 0 atom stereocenters. The van der Waals surface area contributed by atoms with Crippen LogP contribution in [0, 0.1) is 11.8 Å². The molecular weight excluding hydrogens is 314 g/mol. The van der Waals surface area contributed by atoms with E-state index >= 15 is 0 Å². The highest BCUT2D eigenvalue weighted by Crippen LogP contribution is 2.31. The lowest BCUT2D eigenvalue weighted by Gasteiger charge is -2.37. The molecule has 1 aromatic rings. The number of benzene rings is 1. The lowest BCUT2D eigenvalue weighted by molar-refractivity contribution is -0.123. The predicted molar refractivity (Wildman–Crippen MR) is 101 cm³/mol. The Kier molecular flexibility index (Phi) is 6.19. The van der Waals surface area contributed by atoms with Gasteiger partial charge in [0.1, 0.15) is 5.75 Å². The highest BCUT2D eigenvalue weighted by Gasteiger charge is 2.25. The first-order valence-electron chi connectivity index (χ1n) is 9.57. The summed E-state index contributed by atoms with van der Waals surface area (Å²) in [6.07, 6.45) is 5.55. The van der Waals surface area contributed by atoms with Gasteiger partial charge in [0.2, 0.25) is 5.91 Å². The van der Waals surface area contributed by atoms with Crippen LogP contribution in [-0.2, 0) is 4.79 Å². The van der Waals surface area contributed by atoms with Crippen LogP contribution < -0.4 is 15.4 Å². The fourth-order valence-corrected chi connectivity index (χ4v) is 4.20. The zero-order chi connectivity index (χ0) is 17.6. The Morgan fingerprint density at radius 1 is 1.12 bits per heavy atom. The number of rotatable bonds is 6. The van der Waals surface area contributed by atoms with Gasteiger partial charge in [0.15, 0.2) is 0 Å². The molecule has 5 heteroatoms. The summed E-state index contributed by atoms with van der Waals surface area (Å²) in [5.41, 5.74) is 6.63. The first-order valence-corrected chi connectivity index (χ1v) is 9.57. The van der Waals surface area contributed by atoms with Gasteiger partial charge in [-0.2, -0.15) is 0 Å². The highest BCUT2D eigenvalue weighted by atomic mass is 16.5. The molecule has 1 amide bonds. The highest BCUT2D eigenvalue weighted by molar-refractivity contribution is 5.76. The molecule has 138 valence electrons. The maximum atomic E-state index is 11.3. The molecule has 2 aliphatic rings. The van der Waals surface area contributed by atoms with Crippen LogP contribution in [0.15, 0.2) is 24.3 Å². The standard InChI is InChI=1S/C20H31N3O2/c1-25-19-5-3-2-4-18(19)23-14-12-22(13-15-23)11-10-16-6-8-17(9-7-16)20(21)24/h2-5,16-17H,6-15H2,1H3,(H2,21,24). The maximum Gasteiger partial charge on any atom is 0.220 e. The van der Waals surface area contributed by atoms with E-state index in [9.17, 15) is 4.79 Å². The predicted octanol–water partition coefficient (Wildman–Crippen LogP) is 2.50. The number of hydrogen-bond acceptors (Lipinski definition) is 4. The van der Waals surface area contributed by atoms with Crippen LogP contribution in [0.1, 0.15) is 32.1 Å². The number of ether oxygens (including phenoxy) is 1. The van der Waals surface area contributed by atoms with E-state index in [1.807, 2.05) is 12.1 Å². The number of nitrogens with zero attached hydrogens (tertiary/aromatic N) is 2. The summed E-state index contributed by atoms with van der Waals surface area (Å²) in [5, 5.41) is 0. The third kappa shape index (κ3) is 4.66. The van der Waals surface area contributed by atoms with Crippen molar-refractivity contribution in [1.29, 1.82) is 0 Å². The molecule has 0 aromatic heterocycles. The summed E-state index contributed by atoms with van der Waals surface area (Å²) < 4.78 is 5.49. The number of primary amides is 1. The summed E-state index contributed by atoms with van der Waals surface area (Å²) in [5.74, 6) is 1.75. The normalized spacial score (nSPS) is 24.9. The average Bonchev–Trinajstić information content (AvgIpc) is 2.67. The van der Waals surface area contributed by atoms with Crippen molar-refractivity contribution >= 4 is 11.6 Å². The number of methoxy groups -OCH3 is 1. The molecule has 2 N–H and O–H groups in total. The van der Waals surface area contributed by atoms with Gasteiger partial charge in [-0.05, 0) is 56.7 Å². The topological polar surface area (TPSA) is 58.8 Å². The smallest absolute Gasteiger partial charge is 0.220 e. The lowest BCUT2D eigenvalue weighted by Crippen LogP contribution is -2.47. The van der Waals surface area contributed by atoms with Crippen LogP contribution in [-0.4, -0.2) is 50.6 Å². The van der Waals surface area contributed by atoms with Crippen LogP contribution in [0.3, 0.4) is 0 Å². The van der Waals surface area contributed by atoms with E-state index in [2.05, 4.69) is 21.9 Å². The van der Waals surface area contributed by atoms with Gasteiger partial charge in [-0.1, -0.05) is 12.1 Å². The Hall–Kier alpha value is -1.75. The second-order valence-corrected chi connectivity index (χ2v) is 7.41. The zero-order valence-electron chi connectivity index (χ0n) is 15.3. The van der Waals surface area contributed by atoms with Crippen molar-refractivity contribution < 1.29 is 9.53 Å². The third-order valence-electron chi connectivity index (χ3n) is 5.90. The molecule has 1 aliphatic carbocycles. The number of nitrogens with two attached hydrogens (primary N) is 1. The van der Waals surface area contributed by atoms with Crippen LogP contribution in [0.25, 0.3) is 0 Å². The summed E-state index contributed by atoms with van der Waals surface area (Å²) in [4.78, 5) is 16.3. The SMILES string of the molecule is COc1ccccc1N1CCN(CCC2CCC(C(N)=O)CC2)CC1. The van der Waals surface area contributed by atoms with Crippen molar-refractivity contribution in [1.82, 2.24) is 4.90 Å². The molecule has 1 saturated heterocycles. The fraction of sp³-hybridized carbons (Fsp3) is 0.650. The van der Waals surface area contributed by atoms with E-state index in [-0.39, 0.29) is 11.8 Å². The molecule has 3 rings (SSSR count). The van der Waals surface area contributed by atoms with E-state index in [0.29, 0.717) is 0 Å². The number of piperazine rings is 1. The summed E-state index contributed by atoms with van der Waals surface area (Å²) >= 11 is 0. The summed E-state index contributed by atoms with van der Waals surface area (Å²) in [7, 11) is 1.74. The lowest BCUT2D eigenvalue weighted by atomic mass is 9.80. The molecule has 0 radical (unpaired) electrons. The van der Waals surface area contributed by atoms with Crippen molar-refractivity contribution in [3.8, 4) is 5.75 Å². The summed E-state index contributed by atoms with van der Waals surface area (Å²) in [6.45, 7) is 5.48. The van der Waals surface area contributed by atoms with Crippen molar-refractivity contribution in [3.63, 3.8) is 0 Å². The minimum absolute atomic E-state index is 0.106. The molecule has 5 nitrogen and oxygen atoms in total. The monoisotopic (exact) mass is 345 g/mol. The fourth-order valence-electron chi connectivity index (χ4n) is 4.20. The van der Waals surface area contributed by atoms with E-state index in [4.69, 9.17) is 10.5 Å². The number of carbonyl (C=O) groups is 1. The van der Waals surface area contributed by atoms with Gasteiger partial charge in [0.25, 0.3) is 0 Å². The van der Waals surface area contributed by atoms with Crippen molar-refractivity contribution in [2.45, 2.75) is 32.1 Å². The van der Waals surface area contributed by atoms with Crippen LogP contribution in [0.2, 0.25) is 0 Å². The second-order valence-electron chi connectivity index (χ2n) is 7.41. The van der Waals surface area contributed by atoms with Crippen molar-refractivity contribution in [2.24, 2.45) is 17.6 Å². The molecule has 1 saturated carbocycles. The second kappa shape index (κ2) is 8.56. The van der Waals surface area contributed by atoms with Gasteiger partial charge in [-0.15, -0.1) is 0 Å². The third-order valence-corrected chi connectivity index (χ3v) is 5.90. The minimum Gasteiger partial charge on any atom is -0.495 e. The minimum atomic E-state index is -0.106. The van der Waals surface area contributed by atoms with E-state index < -0.39 is 0 Å². The van der Waals surface area contributed by atoms with Crippen molar-refractivity contribution in [3.05, 3.63) is 24.3 Å². The molecule has 2 fully saturated rings. The molecular formula is C20H31N3O2. The van der Waals surface area contributed by atoms with Crippen LogP contribution in [0.5, 0.6) is 5.75 Å². The Labute approximate surface area is 151 Å². The quantitative estimate of drug-likeness (QED) is 0.861. The van der Waals surface area contributed by atoms with E-state index in [1.165, 1.54) is 18.7 Å². The largest absolute Gasteiger partial charge is 0.495 e. The Bertz CT molecular complexity index is 562. The first kappa shape index (κ1) is 18.1. The average molecular weight is 345 g/mol. The zero-order valence-corrected chi connectivity index (χ0v) is 15.3. The molecule has 0 bridgehead atoms. The molecule has 1 aliphatic heterocycles. The number of para-hydroxylation sites is 2. The van der Waals surface area contributed by atoms with Gasteiger partial charge in [-0.3, -0.25) is 9.69 Å². The Morgan fingerprint density at radius 2 is 1.80 bits per heavy atom. The molecule has 1 heterocycles. The maximum absolute atomic E-state index is 11.3. The molecule has 25 heavy (non-hydrogen) atoms. The molecule has 1 aromatic carbocycles. The van der Waals surface area contributed by atoms with E-state index in [1.54, 1.807) is 7.11 Å². The van der Waals surface area contributed by atoms with Gasteiger partial charge in [0, 0.05) is 32.1 Å². The van der Waals surface area contributed by atoms with Crippen LogP contribution >= 0.6 is 0 Å². The molecule has 0 spiro atoms. The van der Waals surface area contributed by atoms with E-state index in [0.717, 1.165) is 63.5 Å². The number of carbonyl (C=O) groups excluding carboxylic acids is 1. The summed E-state index contributed by atoms with van der Waals surface area (Å²) in [6, 6.07) is 8.27. The number of anilines is 1. The Morgan fingerprint density at radius 3 is 2.44 bits per heavy atom. The molecule has 0 unspecified atom stereocenters. The Balaban J connectivity index is 1.40.